The highest BCUT2D eigenvalue weighted by molar-refractivity contribution is 6.44. The average molecular weight is 482 g/mol. The number of methoxy groups -OCH3 is 1. The molecule has 1 saturated heterocycles. The Hall–Kier alpha value is -4.66. The van der Waals surface area contributed by atoms with Crippen molar-refractivity contribution in [1.29, 1.82) is 0 Å². The van der Waals surface area contributed by atoms with Crippen LogP contribution in [0.2, 0.25) is 0 Å². The number of rotatable bonds is 7. The fourth-order valence-electron chi connectivity index (χ4n) is 4.63. The van der Waals surface area contributed by atoms with E-state index in [1.165, 1.54) is 36.5 Å². The first-order chi connectivity index (χ1) is 17.5. The molecule has 3 heterocycles. The highest BCUT2D eigenvalue weighted by Gasteiger charge is 2.51. The number of fused-ring (bicyclic) bond motifs is 1. The molecule has 9 heteroatoms. The molecule has 1 fully saturated rings. The van der Waals surface area contributed by atoms with E-state index in [0.29, 0.717) is 23.2 Å². The van der Waals surface area contributed by atoms with E-state index >= 15 is 0 Å². The number of amides is 1. The summed E-state index contributed by atoms with van der Waals surface area (Å²) in [5.74, 6) is -3.65. The molecule has 2 aromatic carbocycles. The van der Waals surface area contributed by atoms with Crippen molar-refractivity contribution in [3.8, 4) is 0 Å². The molecule has 2 aromatic heterocycles. The minimum Gasteiger partial charge on any atom is -0.465 e. The topological polar surface area (TPSA) is 111 Å². The summed E-state index contributed by atoms with van der Waals surface area (Å²) in [5, 5.41) is 0. The van der Waals surface area contributed by atoms with Gasteiger partial charge in [-0.3, -0.25) is 19.4 Å². The van der Waals surface area contributed by atoms with Gasteiger partial charge in [0.1, 0.15) is 5.92 Å². The number of carbonyl (C=O) groups excluding carboxylic acids is 4. The van der Waals surface area contributed by atoms with Gasteiger partial charge in [0.05, 0.1) is 36.1 Å². The van der Waals surface area contributed by atoms with E-state index in [-0.39, 0.29) is 6.54 Å². The number of esters is 1. The summed E-state index contributed by atoms with van der Waals surface area (Å²) in [7, 11) is 1.29. The molecule has 0 spiro atoms. The number of aromatic nitrogens is 3. The molecule has 1 amide bonds. The Kier molecular flexibility index (Phi) is 6.12. The molecule has 0 saturated carbocycles. The van der Waals surface area contributed by atoms with Gasteiger partial charge in [-0.25, -0.2) is 9.78 Å². The van der Waals surface area contributed by atoms with Crippen LogP contribution in [0.5, 0.6) is 0 Å². The molecule has 4 aromatic rings. The number of carbonyl (C=O) groups is 4. The highest BCUT2D eigenvalue weighted by Crippen LogP contribution is 2.38. The molecule has 2 unspecified atom stereocenters. The summed E-state index contributed by atoms with van der Waals surface area (Å²) in [6.07, 6.45) is 4.62. The molecule has 180 valence electrons. The van der Waals surface area contributed by atoms with E-state index in [0.717, 1.165) is 11.0 Å². The smallest absolute Gasteiger partial charge is 0.337 e. The van der Waals surface area contributed by atoms with Crippen molar-refractivity contribution in [3.05, 3.63) is 96.1 Å². The Bertz CT molecular complexity index is 1460. The van der Waals surface area contributed by atoms with Crippen LogP contribution in [0.3, 0.4) is 0 Å². The maximum Gasteiger partial charge on any atom is 0.337 e. The number of para-hydroxylation sites is 2. The number of pyridine rings is 1. The summed E-state index contributed by atoms with van der Waals surface area (Å²) in [5.41, 5.74) is 2.92. The molecule has 36 heavy (non-hydrogen) atoms. The number of Topliss-reactive ketones (excluding diaryl/α,β-unsaturated/α-hetero) is 2. The molecule has 0 bridgehead atoms. The van der Waals surface area contributed by atoms with Crippen LogP contribution in [0.1, 0.15) is 32.3 Å². The van der Waals surface area contributed by atoms with Crippen molar-refractivity contribution < 1.29 is 23.9 Å². The molecule has 0 N–H and O–H groups in total. The van der Waals surface area contributed by atoms with Crippen LogP contribution in [0.25, 0.3) is 11.0 Å². The number of hydrogen-bond donors (Lipinski definition) is 0. The third-order valence-electron chi connectivity index (χ3n) is 6.44. The predicted molar refractivity (Wildman–Crippen MR) is 129 cm³/mol. The summed E-state index contributed by atoms with van der Waals surface area (Å²) >= 11 is 0. The normalized spacial score (nSPS) is 17.5. The summed E-state index contributed by atoms with van der Waals surface area (Å²) in [4.78, 5) is 61.5. The van der Waals surface area contributed by atoms with Crippen LogP contribution in [-0.4, -0.2) is 56.5 Å². The number of ketones is 2. The van der Waals surface area contributed by atoms with E-state index in [1.807, 2.05) is 28.8 Å². The molecule has 1 aliphatic rings. The van der Waals surface area contributed by atoms with Gasteiger partial charge in [-0.05, 0) is 42.0 Å². The first-order valence-electron chi connectivity index (χ1n) is 11.4. The maximum absolute atomic E-state index is 13.4. The van der Waals surface area contributed by atoms with Crippen molar-refractivity contribution in [2.45, 2.75) is 12.6 Å². The molecule has 0 aliphatic carbocycles. The molecule has 9 nitrogen and oxygen atoms in total. The maximum atomic E-state index is 13.4. The lowest BCUT2D eigenvalue weighted by molar-refractivity contribution is -0.140. The second kappa shape index (κ2) is 9.53. The molecule has 1 aliphatic heterocycles. The number of imidazole rings is 1. The quantitative estimate of drug-likeness (QED) is 0.172. The van der Waals surface area contributed by atoms with Gasteiger partial charge in [0.25, 0.3) is 5.91 Å². The van der Waals surface area contributed by atoms with E-state index in [2.05, 4.69) is 9.97 Å². The largest absolute Gasteiger partial charge is 0.465 e. The first kappa shape index (κ1) is 23.1. The standard InChI is InChI=1S/C27H22N4O5/c1-36-27(35)19-8-6-17(7-9-19)23-22(24(32)18-10-12-28-13-11-18)25(33)26(34)31(23)15-14-30-16-29-20-4-2-3-5-21(20)30/h2-13,16,22-23H,14-15H2,1H3. The van der Waals surface area contributed by atoms with Gasteiger partial charge < -0.3 is 14.2 Å². The second-order valence-electron chi connectivity index (χ2n) is 8.43. The summed E-state index contributed by atoms with van der Waals surface area (Å²) in [6.45, 7) is 0.570. The van der Waals surface area contributed by atoms with Gasteiger partial charge in [0.15, 0.2) is 5.78 Å². The van der Waals surface area contributed by atoms with Gasteiger partial charge in [-0.2, -0.15) is 0 Å². The lowest BCUT2D eigenvalue weighted by atomic mass is 9.86. The number of likely N-dealkylation sites (tertiary alicyclic amines) is 1. The second-order valence-corrected chi connectivity index (χ2v) is 8.43. The summed E-state index contributed by atoms with van der Waals surface area (Å²) < 4.78 is 6.67. The van der Waals surface area contributed by atoms with Crippen LogP contribution in [-0.2, 0) is 20.9 Å². The predicted octanol–water partition coefficient (Wildman–Crippen LogP) is 2.87. The Morgan fingerprint density at radius 2 is 1.64 bits per heavy atom. The van der Waals surface area contributed by atoms with Crippen LogP contribution in [0, 0.1) is 5.92 Å². The minimum atomic E-state index is -1.22. The molecule has 2 atom stereocenters. The van der Waals surface area contributed by atoms with Crippen molar-refractivity contribution in [2.75, 3.05) is 13.7 Å². The number of hydrogen-bond acceptors (Lipinski definition) is 7. The average Bonchev–Trinajstić information content (AvgIpc) is 3.45. The Morgan fingerprint density at radius 1 is 0.917 bits per heavy atom. The zero-order chi connectivity index (χ0) is 25.2. The van der Waals surface area contributed by atoms with Gasteiger partial charge in [0, 0.05) is 31.0 Å². The Labute approximate surface area is 206 Å². The monoisotopic (exact) mass is 482 g/mol. The van der Waals surface area contributed by atoms with Crippen molar-refractivity contribution in [3.63, 3.8) is 0 Å². The fraction of sp³-hybridized carbons (Fsp3) is 0.185. The van der Waals surface area contributed by atoms with E-state index in [1.54, 1.807) is 30.6 Å². The number of ether oxygens (including phenoxy) is 1. The number of nitrogens with zero attached hydrogens (tertiary/aromatic N) is 4. The van der Waals surface area contributed by atoms with Crippen molar-refractivity contribution >= 4 is 34.5 Å². The molecular weight excluding hydrogens is 460 g/mol. The lowest BCUT2D eigenvalue weighted by Gasteiger charge is -2.27. The molecular formula is C27H22N4O5. The highest BCUT2D eigenvalue weighted by atomic mass is 16.5. The van der Waals surface area contributed by atoms with Gasteiger partial charge >= 0.3 is 5.97 Å². The van der Waals surface area contributed by atoms with Crippen LogP contribution >= 0.6 is 0 Å². The van der Waals surface area contributed by atoms with E-state index in [9.17, 15) is 19.2 Å². The van der Waals surface area contributed by atoms with Crippen molar-refractivity contribution in [2.24, 2.45) is 5.92 Å². The summed E-state index contributed by atoms with van der Waals surface area (Å²) in [6, 6.07) is 16.3. The fourth-order valence-corrected chi connectivity index (χ4v) is 4.63. The van der Waals surface area contributed by atoms with Crippen molar-refractivity contribution in [1.82, 2.24) is 19.4 Å². The van der Waals surface area contributed by atoms with Gasteiger partial charge in [0.2, 0.25) is 5.78 Å². The Balaban J connectivity index is 1.51. The van der Waals surface area contributed by atoms with Crippen LogP contribution in [0.4, 0.5) is 0 Å². The Morgan fingerprint density at radius 3 is 2.36 bits per heavy atom. The zero-order valence-electron chi connectivity index (χ0n) is 19.4. The number of benzene rings is 2. The zero-order valence-corrected chi connectivity index (χ0v) is 19.4. The molecule has 5 rings (SSSR count). The van der Waals surface area contributed by atoms with Gasteiger partial charge in [-0.15, -0.1) is 0 Å². The van der Waals surface area contributed by atoms with Crippen LogP contribution < -0.4 is 0 Å². The molecule has 0 radical (unpaired) electrons. The first-order valence-corrected chi connectivity index (χ1v) is 11.4. The third-order valence-corrected chi connectivity index (χ3v) is 6.44. The minimum absolute atomic E-state index is 0.189. The lowest BCUT2D eigenvalue weighted by Crippen LogP contribution is -2.33. The van der Waals surface area contributed by atoms with E-state index < -0.39 is 35.4 Å². The SMILES string of the molecule is COC(=O)c1ccc(C2C(C(=O)c3ccncc3)C(=O)C(=O)N2CCn2cnc3ccccc32)cc1. The van der Waals surface area contributed by atoms with E-state index in [4.69, 9.17) is 4.74 Å². The van der Waals surface area contributed by atoms with Gasteiger partial charge in [-0.1, -0.05) is 24.3 Å². The third kappa shape index (κ3) is 4.04. The van der Waals surface area contributed by atoms with Crippen LogP contribution in [0.15, 0.2) is 79.4 Å².